The summed E-state index contributed by atoms with van der Waals surface area (Å²) in [7, 11) is 11.0. The van der Waals surface area contributed by atoms with Gasteiger partial charge in [-0.25, -0.2) is 0 Å². The van der Waals surface area contributed by atoms with Crippen molar-refractivity contribution in [2.75, 3.05) is 0 Å². The SMILES string of the molecule is C[Si]C.Cc1cc2c(-c3c4ccccc4cc4ccccc34)ccc(-c3c4ccccc4cc4ccccc34)c2[cH-]1.Cc1cc2c(-c3c4ccccc4cc4ccccc34)ccc(-c3c4ccccc4cc4ccccc34)c2[cH-]1.[Cl][Zr+2][Cl]. The quantitative estimate of drug-likeness (QED) is 0.0936. The van der Waals surface area contributed by atoms with Crippen molar-refractivity contribution in [3.8, 4) is 44.5 Å². The molecule has 4 heteroatoms. The Morgan fingerprint density at radius 2 is 0.451 bits per heavy atom. The zero-order valence-electron chi connectivity index (χ0n) is 46.2. The minimum atomic E-state index is -0.826. The first kappa shape index (κ1) is 53.4. The van der Waals surface area contributed by atoms with Crippen molar-refractivity contribution in [2.45, 2.75) is 26.9 Å². The zero-order valence-corrected chi connectivity index (χ0v) is 51.1. The minimum absolute atomic E-state index is 0.826. The summed E-state index contributed by atoms with van der Waals surface area (Å²) in [5, 5.41) is 25.9. The van der Waals surface area contributed by atoms with Crippen LogP contribution in [0.3, 0.4) is 0 Å². The van der Waals surface area contributed by atoms with E-state index in [0.717, 1.165) is 9.52 Å². The molecule has 16 rings (SSSR count). The Hall–Kier alpha value is -7.94. The Morgan fingerprint density at radius 1 is 0.268 bits per heavy atom. The van der Waals surface area contributed by atoms with Crippen LogP contribution < -0.4 is 0 Å². The molecule has 0 amide bonds. The Bertz CT molecular complexity index is 4230. The Morgan fingerprint density at radius 3 is 0.671 bits per heavy atom. The van der Waals surface area contributed by atoms with Gasteiger partial charge in [-0.15, -0.1) is 44.8 Å². The van der Waals surface area contributed by atoms with E-state index in [-0.39, 0.29) is 0 Å². The van der Waals surface area contributed by atoms with Gasteiger partial charge in [-0.2, -0.15) is 12.1 Å². The second kappa shape index (κ2) is 23.1. The second-order valence-electron chi connectivity index (χ2n) is 21.4. The van der Waals surface area contributed by atoms with Gasteiger partial charge in [-0.05, 0) is 133 Å². The monoisotopic (exact) mass is 1180 g/mol. The molecule has 0 nitrogen and oxygen atoms in total. The molecular weight excluding hydrogens is 1130 g/mol. The van der Waals surface area contributed by atoms with Gasteiger partial charge in [0, 0.05) is 9.52 Å². The number of halogens is 2. The molecule has 390 valence electrons. The first-order valence-electron chi connectivity index (χ1n) is 27.9. The third-order valence-electron chi connectivity index (χ3n) is 16.2. The predicted molar refractivity (Wildman–Crippen MR) is 360 cm³/mol. The molecule has 0 aliphatic heterocycles. The van der Waals surface area contributed by atoms with Crippen LogP contribution in [0, 0.1) is 13.8 Å². The number of fused-ring (bicyclic) bond motifs is 10. The number of benzene rings is 14. The van der Waals surface area contributed by atoms with E-state index in [2.05, 4.69) is 294 Å². The molecule has 2 radical (unpaired) electrons. The third kappa shape index (κ3) is 9.66. The predicted octanol–water partition coefficient (Wildman–Crippen LogP) is 23.8. The van der Waals surface area contributed by atoms with Gasteiger partial charge in [0.1, 0.15) is 0 Å². The molecule has 0 heterocycles. The molecule has 82 heavy (non-hydrogen) atoms. The van der Waals surface area contributed by atoms with E-state index in [9.17, 15) is 0 Å². The molecule has 0 N–H and O–H groups in total. The summed E-state index contributed by atoms with van der Waals surface area (Å²) in [6.07, 6.45) is 0. The number of hydrogen-bond acceptors (Lipinski definition) is 0. The van der Waals surface area contributed by atoms with E-state index >= 15 is 0 Å². The van der Waals surface area contributed by atoms with E-state index in [1.807, 2.05) is 0 Å². The molecule has 0 aliphatic carbocycles. The van der Waals surface area contributed by atoms with Gasteiger partial charge in [0.2, 0.25) is 0 Å². The Kier molecular flexibility index (Phi) is 15.1. The van der Waals surface area contributed by atoms with Gasteiger partial charge in [-0.1, -0.05) is 268 Å². The van der Waals surface area contributed by atoms with Crippen molar-refractivity contribution < 1.29 is 20.8 Å². The summed E-state index contributed by atoms with van der Waals surface area (Å²) in [5.41, 5.74) is 13.1. The molecule has 0 fully saturated rings. The van der Waals surface area contributed by atoms with Gasteiger partial charge in [0.15, 0.2) is 0 Å². The van der Waals surface area contributed by atoms with Crippen LogP contribution >= 0.6 is 17.0 Å². The van der Waals surface area contributed by atoms with Crippen LogP contribution in [0.15, 0.2) is 267 Å². The Labute approximate surface area is 500 Å². The average Bonchev–Trinajstić information content (AvgIpc) is 4.29. The van der Waals surface area contributed by atoms with Crippen molar-refractivity contribution in [3.63, 3.8) is 0 Å². The van der Waals surface area contributed by atoms with Crippen LogP contribution in [0.1, 0.15) is 11.1 Å². The molecule has 16 aromatic carbocycles. The first-order chi connectivity index (χ1) is 40.3. The first-order valence-corrected chi connectivity index (χ1v) is 36.3. The summed E-state index contributed by atoms with van der Waals surface area (Å²) in [6, 6.07) is 98.6. The van der Waals surface area contributed by atoms with Crippen molar-refractivity contribution in [1.29, 1.82) is 0 Å². The Balaban J connectivity index is 0.000000141. The number of hydrogen-bond donors (Lipinski definition) is 0. The molecular formula is C78H56Cl2SiZr. The van der Waals surface area contributed by atoms with Gasteiger partial charge >= 0.3 is 37.9 Å². The normalized spacial score (nSPS) is 11.3. The fourth-order valence-corrected chi connectivity index (χ4v) is 13.0. The molecule has 0 bridgehead atoms. The molecule has 0 aromatic heterocycles. The maximum absolute atomic E-state index is 4.93. The average molecular weight is 1180 g/mol. The third-order valence-corrected chi connectivity index (χ3v) is 16.2. The summed E-state index contributed by atoms with van der Waals surface area (Å²) >= 11 is -0.826. The second-order valence-corrected chi connectivity index (χ2v) is 26.1. The van der Waals surface area contributed by atoms with Crippen molar-refractivity contribution >= 4 is 134 Å². The van der Waals surface area contributed by atoms with E-state index in [1.165, 1.54) is 163 Å². The van der Waals surface area contributed by atoms with Gasteiger partial charge in [0.25, 0.3) is 0 Å². The molecule has 0 spiro atoms. The van der Waals surface area contributed by atoms with Crippen LogP contribution in [0.5, 0.6) is 0 Å². The summed E-state index contributed by atoms with van der Waals surface area (Å²) in [6.45, 7) is 8.74. The molecule has 0 aliphatic rings. The van der Waals surface area contributed by atoms with Crippen molar-refractivity contribution in [2.24, 2.45) is 0 Å². The molecule has 0 atom stereocenters. The fraction of sp³-hybridized carbons (Fsp3) is 0.0513. The van der Waals surface area contributed by atoms with Gasteiger partial charge < -0.3 is 0 Å². The van der Waals surface area contributed by atoms with Crippen LogP contribution in [0.4, 0.5) is 0 Å². The summed E-state index contributed by atoms with van der Waals surface area (Å²) in [4.78, 5) is 0. The van der Waals surface area contributed by atoms with E-state index in [4.69, 9.17) is 17.0 Å². The summed E-state index contributed by atoms with van der Waals surface area (Å²) < 4.78 is 0. The zero-order chi connectivity index (χ0) is 55.8. The fourth-order valence-electron chi connectivity index (χ4n) is 13.0. The molecule has 0 unspecified atom stereocenters. The van der Waals surface area contributed by atoms with Gasteiger partial charge in [0.05, 0.1) is 0 Å². The maximum atomic E-state index is 4.93. The number of rotatable bonds is 4. The van der Waals surface area contributed by atoms with E-state index in [0.29, 0.717) is 0 Å². The van der Waals surface area contributed by atoms with Crippen molar-refractivity contribution in [1.82, 2.24) is 0 Å². The van der Waals surface area contributed by atoms with Crippen LogP contribution in [-0.4, -0.2) is 9.52 Å². The van der Waals surface area contributed by atoms with Gasteiger partial charge in [-0.3, -0.25) is 0 Å². The number of aryl methyl sites for hydroxylation is 2. The summed E-state index contributed by atoms with van der Waals surface area (Å²) in [5.74, 6) is 0. The van der Waals surface area contributed by atoms with Crippen LogP contribution in [0.2, 0.25) is 13.1 Å². The van der Waals surface area contributed by atoms with E-state index < -0.39 is 20.8 Å². The topological polar surface area (TPSA) is 0 Å². The molecule has 0 saturated heterocycles. The standard InChI is InChI=1S/2C38H25.C2H6Si.2ClH.Zr/c2*1-24-20-35-33(37-29-14-6-2-10-25(29)22-26-11-3-7-15-30(26)37)18-19-34(36(35)21-24)38-31-16-8-4-12-27(31)23-28-13-5-9-17-32(28)38;1-3-2;;;/h2*2-23H,1H3;1-2H3;2*1H;/q2*-1;;;;+4/p-2. The molecule has 16 aromatic rings. The van der Waals surface area contributed by atoms with Crippen molar-refractivity contribution in [3.05, 3.63) is 278 Å². The van der Waals surface area contributed by atoms with Crippen LogP contribution in [-0.2, 0) is 20.8 Å². The van der Waals surface area contributed by atoms with Crippen LogP contribution in [0.25, 0.3) is 152 Å². The van der Waals surface area contributed by atoms with E-state index in [1.54, 1.807) is 0 Å². The molecule has 0 saturated carbocycles.